The molecule has 2 aromatic rings. The van der Waals surface area contributed by atoms with Crippen molar-refractivity contribution in [2.24, 2.45) is 0 Å². The van der Waals surface area contributed by atoms with Crippen molar-refractivity contribution >= 4 is 0 Å². The maximum atomic E-state index is 13.4. The van der Waals surface area contributed by atoms with E-state index in [0.29, 0.717) is 5.56 Å². The zero-order valence-corrected chi connectivity index (χ0v) is 10.6. The Bertz CT molecular complexity index is 657. The van der Waals surface area contributed by atoms with E-state index in [2.05, 4.69) is 11.8 Å². The molecule has 0 radical (unpaired) electrons. The van der Waals surface area contributed by atoms with Gasteiger partial charge in [0.1, 0.15) is 19.0 Å². The molecule has 4 heteroatoms. The zero-order chi connectivity index (χ0) is 14.4. The van der Waals surface area contributed by atoms with Crippen LogP contribution >= 0.6 is 0 Å². The first-order valence-electron chi connectivity index (χ1n) is 5.96. The minimum Gasteiger partial charge on any atom is -0.486 e. The minimum atomic E-state index is -0.746. The molecule has 1 N–H and O–H groups in total. The number of ether oxygens (including phenoxy) is 1. The van der Waals surface area contributed by atoms with Crippen LogP contribution in [0, 0.1) is 23.5 Å². The Morgan fingerprint density at radius 2 is 1.90 bits per heavy atom. The Hall–Kier alpha value is -2.38. The fourth-order valence-electron chi connectivity index (χ4n) is 1.65. The van der Waals surface area contributed by atoms with Gasteiger partial charge in [0.15, 0.2) is 11.6 Å². The maximum Gasteiger partial charge on any atom is 0.167 e. The van der Waals surface area contributed by atoms with Crippen LogP contribution in [0.3, 0.4) is 0 Å². The Morgan fingerprint density at radius 3 is 2.65 bits per heavy atom. The summed E-state index contributed by atoms with van der Waals surface area (Å²) in [4.78, 5) is 0. The van der Waals surface area contributed by atoms with Crippen molar-refractivity contribution in [3.05, 3.63) is 65.2 Å². The van der Waals surface area contributed by atoms with Crippen LogP contribution in [0.15, 0.2) is 42.5 Å². The highest BCUT2D eigenvalue weighted by molar-refractivity contribution is 5.41. The third kappa shape index (κ3) is 3.56. The van der Waals surface area contributed by atoms with Crippen molar-refractivity contribution in [2.45, 2.75) is 6.61 Å². The summed E-state index contributed by atoms with van der Waals surface area (Å²) in [7, 11) is 0. The molecule has 0 aliphatic carbocycles. The maximum absolute atomic E-state index is 13.4. The molecule has 0 saturated carbocycles. The summed E-state index contributed by atoms with van der Waals surface area (Å²) in [6.45, 7) is -0.124. The van der Waals surface area contributed by atoms with Gasteiger partial charge in [-0.2, -0.15) is 0 Å². The molecule has 0 fully saturated rings. The second kappa shape index (κ2) is 6.69. The van der Waals surface area contributed by atoms with Crippen molar-refractivity contribution in [1.29, 1.82) is 0 Å². The van der Waals surface area contributed by atoms with Crippen molar-refractivity contribution in [1.82, 2.24) is 0 Å². The van der Waals surface area contributed by atoms with Gasteiger partial charge in [-0.05, 0) is 18.2 Å². The number of halogens is 2. The molecule has 0 spiro atoms. The van der Waals surface area contributed by atoms with Crippen molar-refractivity contribution in [3.8, 4) is 17.6 Å². The van der Waals surface area contributed by atoms with Gasteiger partial charge in [-0.25, -0.2) is 8.78 Å². The van der Waals surface area contributed by atoms with E-state index in [-0.39, 0.29) is 19.0 Å². The molecule has 2 rings (SSSR count). The molecule has 0 aliphatic rings. The van der Waals surface area contributed by atoms with Crippen LogP contribution in [0.1, 0.15) is 11.1 Å². The third-order valence-electron chi connectivity index (χ3n) is 2.60. The minimum absolute atomic E-state index is 0.0173. The van der Waals surface area contributed by atoms with Crippen molar-refractivity contribution in [2.75, 3.05) is 6.61 Å². The predicted octanol–water partition coefficient (Wildman–Crippen LogP) is 2.89. The smallest absolute Gasteiger partial charge is 0.167 e. The predicted molar refractivity (Wildman–Crippen MR) is 71.1 cm³/mol. The highest BCUT2D eigenvalue weighted by Crippen LogP contribution is 2.19. The van der Waals surface area contributed by atoms with Gasteiger partial charge < -0.3 is 9.84 Å². The van der Waals surface area contributed by atoms with Gasteiger partial charge in [-0.15, -0.1) is 0 Å². The van der Waals surface area contributed by atoms with E-state index in [1.54, 1.807) is 12.1 Å². The first kappa shape index (κ1) is 14.0. The van der Waals surface area contributed by atoms with E-state index in [9.17, 15) is 8.78 Å². The van der Waals surface area contributed by atoms with Crippen LogP contribution in [0.5, 0.6) is 5.75 Å². The van der Waals surface area contributed by atoms with E-state index < -0.39 is 11.6 Å². The standard InChI is InChI=1S/C16H12F2O2/c17-14-7-8-16(15(18)10-14)20-11-13-5-2-1-4-12(13)6-3-9-19/h1-2,4-5,7-8,10,19H,9,11H2. The highest BCUT2D eigenvalue weighted by Gasteiger charge is 2.06. The SMILES string of the molecule is OCC#Cc1ccccc1COc1ccc(F)cc1F. The second-order valence-corrected chi connectivity index (χ2v) is 3.98. The van der Waals surface area contributed by atoms with E-state index in [1.165, 1.54) is 6.07 Å². The molecule has 102 valence electrons. The summed E-state index contributed by atoms with van der Waals surface area (Å²) < 4.78 is 31.5. The van der Waals surface area contributed by atoms with Crippen molar-refractivity contribution < 1.29 is 18.6 Å². The largest absolute Gasteiger partial charge is 0.486 e. The molecule has 2 aromatic carbocycles. The second-order valence-electron chi connectivity index (χ2n) is 3.98. The average molecular weight is 274 g/mol. The first-order chi connectivity index (χ1) is 9.70. The Morgan fingerprint density at radius 1 is 1.10 bits per heavy atom. The lowest BCUT2D eigenvalue weighted by Crippen LogP contribution is -2.00. The van der Waals surface area contributed by atoms with Crippen LogP contribution in [-0.4, -0.2) is 11.7 Å². The molecule has 0 saturated heterocycles. The van der Waals surface area contributed by atoms with Gasteiger partial charge >= 0.3 is 0 Å². The lowest BCUT2D eigenvalue weighted by molar-refractivity contribution is 0.289. The summed E-state index contributed by atoms with van der Waals surface area (Å²) >= 11 is 0. The third-order valence-corrected chi connectivity index (χ3v) is 2.60. The van der Waals surface area contributed by atoms with Crippen LogP contribution in [0.2, 0.25) is 0 Å². The molecular weight excluding hydrogens is 262 g/mol. The van der Waals surface area contributed by atoms with Crippen LogP contribution < -0.4 is 4.74 Å². The lowest BCUT2D eigenvalue weighted by Gasteiger charge is -2.08. The summed E-state index contributed by atoms with van der Waals surface area (Å²) in [5, 5.41) is 8.70. The van der Waals surface area contributed by atoms with Gasteiger partial charge in [0, 0.05) is 17.2 Å². The molecule has 2 nitrogen and oxygen atoms in total. The van der Waals surface area contributed by atoms with E-state index in [0.717, 1.165) is 17.7 Å². The van der Waals surface area contributed by atoms with Gasteiger partial charge in [-0.1, -0.05) is 30.0 Å². The number of rotatable bonds is 3. The summed E-state index contributed by atoms with van der Waals surface area (Å²) in [6.07, 6.45) is 0. The molecule has 0 heterocycles. The molecule has 20 heavy (non-hydrogen) atoms. The summed E-state index contributed by atoms with van der Waals surface area (Å²) in [6, 6.07) is 10.3. The topological polar surface area (TPSA) is 29.5 Å². The highest BCUT2D eigenvalue weighted by atomic mass is 19.1. The number of hydrogen-bond acceptors (Lipinski definition) is 2. The molecular formula is C16H12F2O2. The van der Waals surface area contributed by atoms with Crippen LogP contribution in [0.4, 0.5) is 8.78 Å². The lowest BCUT2D eigenvalue weighted by atomic mass is 10.1. The Balaban J connectivity index is 2.14. The van der Waals surface area contributed by atoms with Gasteiger partial charge in [0.25, 0.3) is 0 Å². The fraction of sp³-hybridized carbons (Fsp3) is 0.125. The van der Waals surface area contributed by atoms with E-state index >= 15 is 0 Å². The quantitative estimate of drug-likeness (QED) is 0.872. The van der Waals surface area contributed by atoms with Crippen LogP contribution in [-0.2, 0) is 6.61 Å². The summed E-state index contributed by atoms with van der Waals surface area (Å²) in [5.41, 5.74) is 1.46. The molecule has 0 amide bonds. The van der Waals surface area contributed by atoms with E-state index in [4.69, 9.17) is 9.84 Å². The van der Waals surface area contributed by atoms with E-state index in [1.807, 2.05) is 12.1 Å². The number of hydrogen-bond donors (Lipinski definition) is 1. The molecule has 0 bridgehead atoms. The number of aliphatic hydroxyl groups is 1. The first-order valence-corrected chi connectivity index (χ1v) is 5.96. The molecule has 0 unspecified atom stereocenters. The zero-order valence-electron chi connectivity index (χ0n) is 10.6. The fourth-order valence-corrected chi connectivity index (χ4v) is 1.65. The Labute approximate surface area is 115 Å². The molecule has 0 atom stereocenters. The van der Waals surface area contributed by atoms with Crippen LogP contribution in [0.25, 0.3) is 0 Å². The normalized spacial score (nSPS) is 9.75. The van der Waals surface area contributed by atoms with Gasteiger partial charge in [-0.3, -0.25) is 0 Å². The number of aliphatic hydroxyl groups excluding tert-OH is 1. The van der Waals surface area contributed by atoms with Gasteiger partial charge in [0.2, 0.25) is 0 Å². The summed E-state index contributed by atoms with van der Waals surface area (Å²) in [5.74, 6) is 3.92. The average Bonchev–Trinajstić information content (AvgIpc) is 2.45. The molecule has 0 aliphatic heterocycles. The monoisotopic (exact) mass is 274 g/mol. The van der Waals surface area contributed by atoms with Gasteiger partial charge in [0.05, 0.1) is 0 Å². The number of benzene rings is 2. The molecule has 0 aromatic heterocycles. The van der Waals surface area contributed by atoms with Crippen molar-refractivity contribution in [3.63, 3.8) is 0 Å². The Kier molecular flexibility index (Phi) is 4.70.